The Balaban J connectivity index is 1.24. The Labute approximate surface area is 204 Å². The third-order valence-corrected chi connectivity index (χ3v) is 5.95. The van der Waals surface area contributed by atoms with Gasteiger partial charge in [0.1, 0.15) is 5.82 Å². The molecule has 1 amide bonds. The molecule has 1 aliphatic heterocycles. The minimum Gasteiger partial charge on any atom is -0.493 e. The number of aromatic nitrogens is 2. The maximum absolute atomic E-state index is 13.1. The highest BCUT2D eigenvalue weighted by Gasteiger charge is 2.26. The van der Waals surface area contributed by atoms with Crippen LogP contribution in [0.25, 0.3) is 11.4 Å². The molecule has 0 unspecified atom stereocenters. The summed E-state index contributed by atoms with van der Waals surface area (Å²) in [5, 5.41) is 7.04. The van der Waals surface area contributed by atoms with E-state index in [9.17, 15) is 9.18 Å². The number of methoxy groups -OCH3 is 1. The zero-order chi connectivity index (χ0) is 24.8. The van der Waals surface area contributed by atoms with Crippen LogP contribution in [0.5, 0.6) is 11.5 Å². The number of likely N-dealkylation sites (tertiary alicyclic amines) is 1. The molecule has 4 rings (SSSR count). The van der Waals surface area contributed by atoms with Crippen molar-refractivity contribution in [2.45, 2.75) is 45.9 Å². The van der Waals surface area contributed by atoms with Gasteiger partial charge < -0.3 is 19.3 Å². The molecular weight excluding hydrogens is 451 g/mol. The molecule has 1 fully saturated rings. The van der Waals surface area contributed by atoms with Gasteiger partial charge in [-0.1, -0.05) is 11.2 Å². The first-order valence-corrected chi connectivity index (χ1v) is 11.8. The van der Waals surface area contributed by atoms with Crippen molar-refractivity contribution in [3.63, 3.8) is 0 Å². The van der Waals surface area contributed by atoms with E-state index in [1.165, 1.54) is 12.1 Å². The molecule has 0 atom stereocenters. The fourth-order valence-corrected chi connectivity index (χ4v) is 4.09. The van der Waals surface area contributed by atoms with Gasteiger partial charge in [-0.3, -0.25) is 9.69 Å². The Morgan fingerprint density at radius 1 is 1.17 bits per heavy atom. The van der Waals surface area contributed by atoms with Crippen LogP contribution in [0.15, 0.2) is 47.0 Å². The van der Waals surface area contributed by atoms with E-state index in [1.54, 1.807) is 19.2 Å². The van der Waals surface area contributed by atoms with Crippen molar-refractivity contribution < 1.29 is 23.2 Å². The maximum atomic E-state index is 13.1. The number of nitrogens with one attached hydrogen (secondary N) is 1. The summed E-state index contributed by atoms with van der Waals surface area (Å²) >= 11 is 0. The first-order valence-electron chi connectivity index (χ1n) is 11.8. The van der Waals surface area contributed by atoms with Crippen LogP contribution in [-0.2, 0) is 17.9 Å². The van der Waals surface area contributed by atoms with Crippen molar-refractivity contribution in [3.05, 3.63) is 59.7 Å². The molecule has 0 saturated carbocycles. The molecule has 35 heavy (non-hydrogen) atoms. The number of piperidine rings is 1. The minimum absolute atomic E-state index is 0.0332. The predicted octanol–water partition coefficient (Wildman–Crippen LogP) is 4.20. The third-order valence-electron chi connectivity index (χ3n) is 5.95. The fraction of sp³-hybridized carbons (Fsp3) is 0.423. The molecule has 1 saturated heterocycles. The van der Waals surface area contributed by atoms with Gasteiger partial charge in [0.25, 0.3) is 0 Å². The standard InChI is InChI=1S/C26H31FN4O4/c1-17(2)34-22-9-4-18(14-23(22)33-3)15-28-26(32)20-10-12-31(13-11-20)16-24-29-25(30-35-24)19-5-7-21(27)8-6-19/h4-9,14,17,20H,10-13,15-16H2,1-3H3,(H,28,32). The number of carbonyl (C=O) groups is 1. The summed E-state index contributed by atoms with van der Waals surface area (Å²) in [5.74, 6) is 2.01. The average Bonchev–Trinajstić information content (AvgIpc) is 3.32. The van der Waals surface area contributed by atoms with Crippen LogP contribution in [0.1, 0.15) is 38.1 Å². The summed E-state index contributed by atoms with van der Waals surface area (Å²) < 4.78 is 29.7. The Hall–Kier alpha value is -3.46. The van der Waals surface area contributed by atoms with Gasteiger partial charge in [0.15, 0.2) is 11.5 Å². The van der Waals surface area contributed by atoms with E-state index in [4.69, 9.17) is 14.0 Å². The van der Waals surface area contributed by atoms with Crippen molar-refractivity contribution in [2.24, 2.45) is 5.92 Å². The summed E-state index contributed by atoms with van der Waals surface area (Å²) in [4.78, 5) is 19.3. The van der Waals surface area contributed by atoms with Gasteiger partial charge in [-0.25, -0.2) is 4.39 Å². The lowest BCUT2D eigenvalue weighted by atomic mass is 9.96. The van der Waals surface area contributed by atoms with Crippen molar-refractivity contribution in [3.8, 4) is 22.9 Å². The molecule has 0 aliphatic carbocycles. The smallest absolute Gasteiger partial charge is 0.241 e. The van der Waals surface area contributed by atoms with Crippen LogP contribution < -0.4 is 14.8 Å². The molecule has 0 radical (unpaired) electrons. The van der Waals surface area contributed by atoms with E-state index < -0.39 is 0 Å². The molecule has 2 aromatic carbocycles. The SMILES string of the molecule is COc1cc(CNC(=O)C2CCN(Cc3nc(-c4ccc(F)cc4)no3)CC2)ccc1OC(C)C. The zero-order valence-corrected chi connectivity index (χ0v) is 20.3. The number of ether oxygens (including phenoxy) is 2. The Bertz CT molecular complexity index is 1120. The van der Waals surface area contributed by atoms with Gasteiger partial charge in [0.2, 0.25) is 17.6 Å². The largest absolute Gasteiger partial charge is 0.493 e. The highest BCUT2D eigenvalue weighted by molar-refractivity contribution is 5.78. The lowest BCUT2D eigenvalue weighted by Crippen LogP contribution is -2.40. The average molecular weight is 483 g/mol. The van der Waals surface area contributed by atoms with Crippen LogP contribution >= 0.6 is 0 Å². The maximum Gasteiger partial charge on any atom is 0.241 e. The van der Waals surface area contributed by atoms with Gasteiger partial charge in [-0.15, -0.1) is 0 Å². The number of hydrogen-bond acceptors (Lipinski definition) is 7. The predicted molar refractivity (Wildman–Crippen MR) is 128 cm³/mol. The number of halogens is 1. The summed E-state index contributed by atoms with van der Waals surface area (Å²) in [7, 11) is 1.61. The van der Waals surface area contributed by atoms with E-state index in [1.807, 2.05) is 32.0 Å². The monoisotopic (exact) mass is 482 g/mol. The zero-order valence-electron chi connectivity index (χ0n) is 20.3. The molecule has 0 bridgehead atoms. The second-order valence-corrected chi connectivity index (χ2v) is 8.94. The van der Waals surface area contributed by atoms with Crippen LogP contribution in [-0.4, -0.2) is 47.3 Å². The number of hydrogen-bond donors (Lipinski definition) is 1. The molecule has 8 nitrogen and oxygen atoms in total. The quantitative estimate of drug-likeness (QED) is 0.489. The summed E-state index contributed by atoms with van der Waals surface area (Å²) in [5.41, 5.74) is 1.66. The van der Waals surface area contributed by atoms with E-state index >= 15 is 0 Å². The van der Waals surface area contributed by atoms with Crippen LogP contribution in [0.4, 0.5) is 4.39 Å². The molecule has 1 N–H and O–H groups in total. The molecule has 2 heterocycles. The lowest BCUT2D eigenvalue weighted by Gasteiger charge is -2.30. The van der Waals surface area contributed by atoms with Gasteiger partial charge in [-0.2, -0.15) is 4.98 Å². The highest BCUT2D eigenvalue weighted by Crippen LogP contribution is 2.29. The lowest BCUT2D eigenvalue weighted by molar-refractivity contribution is -0.126. The van der Waals surface area contributed by atoms with Crippen molar-refractivity contribution in [2.75, 3.05) is 20.2 Å². The first kappa shape index (κ1) is 24.7. The van der Waals surface area contributed by atoms with Crippen LogP contribution in [0.2, 0.25) is 0 Å². The minimum atomic E-state index is -0.307. The Morgan fingerprint density at radius 3 is 2.60 bits per heavy atom. The first-order chi connectivity index (χ1) is 16.9. The number of benzene rings is 2. The van der Waals surface area contributed by atoms with E-state index in [0.717, 1.165) is 31.5 Å². The highest BCUT2D eigenvalue weighted by atomic mass is 19.1. The van der Waals surface area contributed by atoms with E-state index in [0.29, 0.717) is 41.9 Å². The van der Waals surface area contributed by atoms with Crippen molar-refractivity contribution >= 4 is 5.91 Å². The van der Waals surface area contributed by atoms with Gasteiger partial charge in [-0.05, 0) is 81.7 Å². The van der Waals surface area contributed by atoms with Gasteiger partial charge in [0.05, 0.1) is 19.8 Å². The van der Waals surface area contributed by atoms with Crippen molar-refractivity contribution in [1.82, 2.24) is 20.4 Å². The molecule has 1 aromatic heterocycles. The van der Waals surface area contributed by atoms with Gasteiger partial charge in [0, 0.05) is 18.0 Å². The topological polar surface area (TPSA) is 89.7 Å². The Kier molecular flexibility index (Phi) is 7.97. The molecule has 1 aliphatic rings. The third kappa shape index (κ3) is 6.57. The molecule has 186 valence electrons. The number of carbonyl (C=O) groups excluding carboxylic acids is 1. The number of amides is 1. The molecule has 3 aromatic rings. The van der Waals surface area contributed by atoms with Gasteiger partial charge >= 0.3 is 0 Å². The van der Waals surface area contributed by atoms with Crippen LogP contribution in [0, 0.1) is 11.7 Å². The number of nitrogens with zero attached hydrogens (tertiary/aromatic N) is 3. The molecular formula is C26H31FN4O4. The van der Waals surface area contributed by atoms with Crippen LogP contribution in [0.3, 0.4) is 0 Å². The molecule has 0 spiro atoms. The summed E-state index contributed by atoms with van der Waals surface area (Å²) in [6, 6.07) is 11.7. The normalized spacial score (nSPS) is 14.8. The van der Waals surface area contributed by atoms with Crippen molar-refractivity contribution in [1.29, 1.82) is 0 Å². The summed E-state index contributed by atoms with van der Waals surface area (Å²) in [6.45, 7) is 6.42. The Morgan fingerprint density at radius 2 is 1.91 bits per heavy atom. The van der Waals surface area contributed by atoms with E-state index in [2.05, 4.69) is 20.4 Å². The second-order valence-electron chi connectivity index (χ2n) is 8.94. The number of rotatable bonds is 9. The fourth-order valence-electron chi connectivity index (χ4n) is 4.09. The van der Waals surface area contributed by atoms with E-state index in [-0.39, 0.29) is 23.7 Å². The second kappa shape index (κ2) is 11.3. The summed E-state index contributed by atoms with van der Waals surface area (Å²) in [6.07, 6.45) is 1.57. The molecule has 9 heteroatoms.